The molecule has 0 bridgehead atoms. The van der Waals surface area contributed by atoms with Gasteiger partial charge in [-0.2, -0.15) is 5.26 Å². The Morgan fingerprint density at radius 3 is 2.68 bits per heavy atom. The Morgan fingerprint density at radius 2 is 1.96 bits per heavy atom. The zero-order valence-corrected chi connectivity index (χ0v) is 15.9. The number of nitrogens with two attached hydrogens (primary N) is 1. The first kappa shape index (κ1) is 17.8. The molecule has 137 valence electrons. The average Bonchev–Trinajstić information content (AvgIpc) is 3.01. The summed E-state index contributed by atoms with van der Waals surface area (Å²) >= 11 is 0. The number of hydrogen-bond acceptors (Lipinski definition) is 2. The van der Waals surface area contributed by atoms with Crippen molar-refractivity contribution >= 4 is 27.7 Å². The summed E-state index contributed by atoms with van der Waals surface area (Å²) in [6, 6.07) is 22.9. The van der Waals surface area contributed by atoms with Crippen LogP contribution in [0.25, 0.3) is 21.8 Å². The van der Waals surface area contributed by atoms with Gasteiger partial charge in [-0.25, -0.2) is 0 Å². The number of primary amides is 1. The van der Waals surface area contributed by atoms with Gasteiger partial charge in [0, 0.05) is 22.9 Å². The van der Waals surface area contributed by atoms with E-state index in [9.17, 15) is 10.1 Å². The average molecular weight is 366 g/mol. The molecule has 2 N–H and O–H groups in total. The molecule has 4 nitrogen and oxygen atoms in total. The molecular weight excluding hydrogens is 346 g/mol. The molecule has 1 amide bonds. The Labute approximate surface area is 163 Å². The summed E-state index contributed by atoms with van der Waals surface area (Å²) in [5, 5.41) is 11.2. The number of aromatic nitrogens is 1. The lowest BCUT2D eigenvalue weighted by atomic mass is 10.00. The van der Waals surface area contributed by atoms with Crippen molar-refractivity contribution in [3.63, 3.8) is 0 Å². The number of carbonyl (C=O) groups excluding carboxylic acids is 1. The number of hydrogen-bond donors (Lipinski definition) is 1. The first-order valence-corrected chi connectivity index (χ1v) is 9.25. The second kappa shape index (κ2) is 6.86. The summed E-state index contributed by atoms with van der Waals surface area (Å²) in [4.78, 5) is 12.1. The Hall–Kier alpha value is -3.58. The maximum Gasteiger partial charge on any atom is 0.249 e. The van der Waals surface area contributed by atoms with Crippen molar-refractivity contribution in [2.45, 2.75) is 26.3 Å². The third-order valence-corrected chi connectivity index (χ3v) is 5.22. The lowest BCUT2D eigenvalue weighted by Crippen LogP contribution is -2.11. The van der Waals surface area contributed by atoms with Crippen LogP contribution in [0.4, 0.5) is 0 Å². The van der Waals surface area contributed by atoms with Crippen LogP contribution >= 0.6 is 0 Å². The van der Waals surface area contributed by atoms with Crippen LogP contribution in [0.1, 0.15) is 46.8 Å². The molecule has 0 atom stereocenters. The second-order valence-corrected chi connectivity index (χ2v) is 7.27. The van der Waals surface area contributed by atoms with Gasteiger partial charge in [0.1, 0.15) is 0 Å². The standard InChI is InChI=1S/C24H20N3O/c1-15(2)16-10-11-19-22(12-16)27(14-18-7-4-3-6-17(18)13-25)21-9-5-8-20(23(19)21)24(26)28/h3-10,12,15H,14H2,1-2H3,(H2,26,28). The van der Waals surface area contributed by atoms with Gasteiger partial charge in [-0.05, 0) is 47.4 Å². The highest BCUT2D eigenvalue weighted by atomic mass is 16.1. The number of fused-ring (bicyclic) bond motifs is 3. The van der Waals surface area contributed by atoms with E-state index in [1.165, 1.54) is 5.56 Å². The predicted octanol–water partition coefficient (Wildman–Crippen LogP) is 4.74. The van der Waals surface area contributed by atoms with Gasteiger partial charge in [-0.1, -0.05) is 44.2 Å². The molecule has 3 aromatic carbocycles. The van der Waals surface area contributed by atoms with Crippen molar-refractivity contribution in [2.24, 2.45) is 5.73 Å². The molecule has 4 heteroatoms. The quantitative estimate of drug-likeness (QED) is 0.567. The minimum atomic E-state index is -0.455. The van der Waals surface area contributed by atoms with Crippen LogP contribution in [0.15, 0.2) is 54.6 Å². The van der Waals surface area contributed by atoms with Crippen LogP contribution < -0.4 is 5.73 Å². The summed E-state index contributed by atoms with van der Waals surface area (Å²) in [5.74, 6) is -0.0995. The Bertz CT molecular complexity index is 1260. The SMILES string of the molecule is CC(C)c1c[c]c2c3c(C(N)=O)cccc3n(Cc3ccccc3C#N)c2c1. The van der Waals surface area contributed by atoms with Crippen molar-refractivity contribution in [2.75, 3.05) is 0 Å². The number of carbonyl (C=O) groups is 1. The molecular formula is C24H20N3O. The van der Waals surface area contributed by atoms with Crippen LogP contribution in [0.5, 0.6) is 0 Å². The second-order valence-electron chi connectivity index (χ2n) is 7.27. The minimum absolute atomic E-state index is 0.356. The highest BCUT2D eigenvalue weighted by Crippen LogP contribution is 2.34. The van der Waals surface area contributed by atoms with Gasteiger partial charge in [0.15, 0.2) is 0 Å². The van der Waals surface area contributed by atoms with Gasteiger partial charge >= 0.3 is 0 Å². The van der Waals surface area contributed by atoms with Crippen LogP contribution in [0.2, 0.25) is 0 Å². The van der Waals surface area contributed by atoms with Gasteiger partial charge in [-0.3, -0.25) is 4.79 Å². The summed E-state index contributed by atoms with van der Waals surface area (Å²) in [6.45, 7) is 4.81. The summed E-state index contributed by atoms with van der Waals surface area (Å²) in [6.07, 6.45) is 0. The van der Waals surface area contributed by atoms with Crippen molar-refractivity contribution in [3.8, 4) is 6.07 Å². The highest BCUT2D eigenvalue weighted by molar-refractivity contribution is 6.17. The molecule has 4 aromatic rings. The fourth-order valence-electron chi connectivity index (χ4n) is 3.72. The normalized spacial score (nSPS) is 11.2. The molecule has 0 spiro atoms. The van der Waals surface area contributed by atoms with Gasteiger partial charge in [-0.15, -0.1) is 0 Å². The maximum atomic E-state index is 12.1. The predicted molar refractivity (Wildman–Crippen MR) is 111 cm³/mol. The van der Waals surface area contributed by atoms with E-state index in [4.69, 9.17) is 5.73 Å². The van der Waals surface area contributed by atoms with E-state index in [0.29, 0.717) is 23.6 Å². The van der Waals surface area contributed by atoms with E-state index < -0.39 is 5.91 Å². The molecule has 1 aromatic heterocycles. The van der Waals surface area contributed by atoms with Crippen LogP contribution in [-0.2, 0) is 6.54 Å². The fourth-order valence-corrected chi connectivity index (χ4v) is 3.72. The van der Waals surface area contributed by atoms with E-state index in [0.717, 1.165) is 27.4 Å². The molecule has 1 radical (unpaired) electrons. The van der Waals surface area contributed by atoms with Gasteiger partial charge < -0.3 is 10.3 Å². The van der Waals surface area contributed by atoms with Crippen molar-refractivity contribution in [1.29, 1.82) is 5.26 Å². The first-order valence-electron chi connectivity index (χ1n) is 9.25. The van der Waals surface area contributed by atoms with Crippen LogP contribution in [0, 0.1) is 17.4 Å². The number of rotatable bonds is 4. The van der Waals surface area contributed by atoms with E-state index in [2.05, 4.69) is 36.6 Å². The van der Waals surface area contributed by atoms with Crippen molar-refractivity contribution < 1.29 is 4.79 Å². The van der Waals surface area contributed by atoms with Crippen LogP contribution in [0.3, 0.4) is 0 Å². The fraction of sp³-hybridized carbons (Fsp3) is 0.167. The molecule has 0 aliphatic carbocycles. The topological polar surface area (TPSA) is 71.8 Å². The largest absolute Gasteiger partial charge is 0.366 e. The smallest absolute Gasteiger partial charge is 0.249 e. The number of nitrogens with zero attached hydrogens (tertiary/aromatic N) is 2. The summed E-state index contributed by atoms with van der Waals surface area (Å²) in [5.41, 5.74) is 10.8. The molecule has 0 fully saturated rings. The van der Waals surface area contributed by atoms with E-state index in [1.807, 2.05) is 42.5 Å². The number of amides is 1. The molecule has 4 rings (SSSR count). The summed E-state index contributed by atoms with van der Waals surface area (Å²) < 4.78 is 2.15. The van der Waals surface area contributed by atoms with Crippen molar-refractivity contribution in [1.82, 2.24) is 4.57 Å². The molecule has 0 unspecified atom stereocenters. The maximum absolute atomic E-state index is 12.1. The molecule has 1 heterocycles. The van der Waals surface area contributed by atoms with Gasteiger partial charge in [0.25, 0.3) is 0 Å². The third kappa shape index (κ3) is 2.82. The van der Waals surface area contributed by atoms with Gasteiger partial charge in [0.2, 0.25) is 5.91 Å². The molecule has 0 saturated heterocycles. The molecule has 0 saturated carbocycles. The number of nitriles is 1. The minimum Gasteiger partial charge on any atom is -0.366 e. The molecule has 0 aliphatic rings. The number of benzene rings is 3. The first-order chi connectivity index (χ1) is 13.5. The highest BCUT2D eigenvalue weighted by Gasteiger charge is 2.18. The monoisotopic (exact) mass is 366 g/mol. The zero-order chi connectivity index (χ0) is 19.8. The molecule has 0 aliphatic heterocycles. The van der Waals surface area contributed by atoms with Crippen LogP contribution in [-0.4, -0.2) is 10.5 Å². The Morgan fingerprint density at radius 1 is 1.18 bits per heavy atom. The molecule has 28 heavy (non-hydrogen) atoms. The lowest BCUT2D eigenvalue weighted by molar-refractivity contribution is 0.100. The van der Waals surface area contributed by atoms with E-state index >= 15 is 0 Å². The summed E-state index contributed by atoms with van der Waals surface area (Å²) in [7, 11) is 0. The van der Waals surface area contributed by atoms with Gasteiger partial charge in [0.05, 0.1) is 22.7 Å². The van der Waals surface area contributed by atoms with E-state index in [1.54, 1.807) is 6.07 Å². The lowest BCUT2D eigenvalue weighted by Gasteiger charge is -2.11. The zero-order valence-electron chi connectivity index (χ0n) is 15.9. The van der Waals surface area contributed by atoms with Crippen molar-refractivity contribution in [3.05, 3.63) is 82.9 Å². The third-order valence-electron chi connectivity index (χ3n) is 5.22. The Kier molecular flexibility index (Phi) is 4.37. The van der Waals surface area contributed by atoms with E-state index in [-0.39, 0.29) is 0 Å². The Balaban J connectivity index is 2.07.